The van der Waals surface area contributed by atoms with Crippen LogP contribution in [0.1, 0.15) is 92.9 Å². The third-order valence-electron chi connectivity index (χ3n) is 15.0. The lowest BCUT2D eigenvalue weighted by Crippen LogP contribution is -2.62. The van der Waals surface area contributed by atoms with E-state index in [-0.39, 0.29) is 41.4 Å². The largest absolute Gasteiger partial charge is 0.457 e. The Morgan fingerprint density at radius 1 is 0.857 bits per heavy atom. The van der Waals surface area contributed by atoms with Gasteiger partial charge in [-0.15, -0.1) is 0 Å². The number of hydrogen-bond acceptors (Lipinski definition) is 15. The molecule has 0 spiro atoms. The van der Waals surface area contributed by atoms with Crippen molar-refractivity contribution in [2.45, 2.75) is 179 Å². The molecule has 5 fully saturated rings. The third kappa shape index (κ3) is 8.00. The van der Waals surface area contributed by atoms with E-state index in [2.05, 4.69) is 40.7 Å². The van der Waals surface area contributed by atoms with Crippen molar-refractivity contribution >= 4 is 5.97 Å². The van der Waals surface area contributed by atoms with E-state index in [4.69, 9.17) is 23.7 Å². The van der Waals surface area contributed by atoms with E-state index >= 15 is 0 Å². The van der Waals surface area contributed by atoms with Crippen LogP contribution in [0.25, 0.3) is 0 Å². The van der Waals surface area contributed by atoms with Gasteiger partial charge in [-0.2, -0.15) is 0 Å². The SMILES string of the molecule is CC(=O)O[C@@H]1[C@@H](O)[C@H](O[C@H]2C[C@H]3[C@@H]4CC=C5C[C@@H](O)C[C@@H](O[C@@H]6O[C@H](CO)[C@@H](O)[C@H](O)[C@H]6O)[C@]5(C)[C@H]4CC[C@]3(C)[C@H]2[C@H](C)[C@@H](O)CCC(C)C)O[C@H](CO)[C@H]1O. The molecule has 0 unspecified atom stereocenters. The summed E-state index contributed by atoms with van der Waals surface area (Å²) in [6, 6.07) is 0. The maximum atomic E-state index is 12.0. The Morgan fingerprint density at radius 2 is 1.50 bits per heavy atom. The molecule has 2 saturated heterocycles. The van der Waals surface area contributed by atoms with E-state index in [0.717, 1.165) is 31.3 Å². The van der Waals surface area contributed by atoms with Gasteiger partial charge in [0, 0.05) is 18.8 Å². The van der Waals surface area contributed by atoms with Gasteiger partial charge in [0.25, 0.3) is 0 Å². The predicted molar refractivity (Wildman–Crippen MR) is 198 cm³/mol. The fraction of sp³-hybridized carbons (Fsp3) is 0.927. The van der Waals surface area contributed by atoms with E-state index in [1.807, 2.05) is 0 Å². The normalized spacial score (nSPS) is 49.0. The molecule has 6 rings (SSSR count). The topological polar surface area (TPSA) is 245 Å². The fourth-order valence-corrected chi connectivity index (χ4v) is 12.0. The van der Waals surface area contributed by atoms with Crippen molar-refractivity contribution in [3.05, 3.63) is 11.6 Å². The highest BCUT2D eigenvalue weighted by molar-refractivity contribution is 5.66. The van der Waals surface area contributed by atoms with Gasteiger partial charge in [-0.25, -0.2) is 0 Å². The second-order valence-corrected chi connectivity index (χ2v) is 18.7. The molecule has 0 bridgehead atoms. The third-order valence-corrected chi connectivity index (χ3v) is 15.0. The summed E-state index contributed by atoms with van der Waals surface area (Å²) in [5, 5.41) is 96.8. The summed E-state index contributed by atoms with van der Waals surface area (Å²) < 4.78 is 30.3. The summed E-state index contributed by atoms with van der Waals surface area (Å²) >= 11 is 0. The summed E-state index contributed by atoms with van der Waals surface area (Å²) in [6.07, 6.45) is -9.44. The fourth-order valence-electron chi connectivity index (χ4n) is 12.0. The minimum absolute atomic E-state index is 0.0577. The monoisotopic (exact) mass is 800 g/mol. The molecule has 322 valence electrons. The quantitative estimate of drug-likeness (QED) is 0.0965. The van der Waals surface area contributed by atoms with Crippen molar-refractivity contribution in [3.63, 3.8) is 0 Å². The van der Waals surface area contributed by atoms with Crippen molar-refractivity contribution in [3.8, 4) is 0 Å². The molecule has 21 atom stereocenters. The van der Waals surface area contributed by atoms with Crippen molar-refractivity contribution in [2.24, 2.45) is 46.3 Å². The zero-order valence-electron chi connectivity index (χ0n) is 33.7. The van der Waals surface area contributed by atoms with Gasteiger partial charge in [-0.3, -0.25) is 4.79 Å². The molecule has 0 radical (unpaired) electrons. The average molecular weight is 801 g/mol. The van der Waals surface area contributed by atoms with Crippen molar-refractivity contribution < 1.29 is 74.4 Å². The number of allylic oxidation sites excluding steroid dienone is 1. The van der Waals surface area contributed by atoms with Crippen LogP contribution in [-0.2, 0) is 28.5 Å². The Kier molecular flexibility index (Phi) is 13.7. The second kappa shape index (κ2) is 17.3. The van der Waals surface area contributed by atoms with Crippen LogP contribution in [0, 0.1) is 46.3 Å². The number of esters is 1. The van der Waals surface area contributed by atoms with Gasteiger partial charge in [0.05, 0.1) is 37.6 Å². The molecule has 3 saturated carbocycles. The number of fused-ring (bicyclic) bond motifs is 5. The van der Waals surface area contributed by atoms with Gasteiger partial charge in [0.15, 0.2) is 18.7 Å². The lowest BCUT2D eigenvalue weighted by atomic mass is 9.46. The van der Waals surface area contributed by atoms with Crippen LogP contribution in [0.15, 0.2) is 11.6 Å². The van der Waals surface area contributed by atoms with Crippen LogP contribution >= 0.6 is 0 Å². The number of aliphatic hydroxyl groups excluding tert-OH is 9. The van der Waals surface area contributed by atoms with Gasteiger partial charge in [0.1, 0.15) is 42.7 Å². The van der Waals surface area contributed by atoms with Gasteiger partial charge in [0.2, 0.25) is 0 Å². The molecule has 0 aromatic carbocycles. The van der Waals surface area contributed by atoms with Gasteiger partial charge in [-0.1, -0.05) is 46.3 Å². The van der Waals surface area contributed by atoms with E-state index in [1.54, 1.807) is 0 Å². The molecule has 15 heteroatoms. The minimum Gasteiger partial charge on any atom is -0.457 e. The number of carbonyl (C=O) groups excluding carboxylic acids is 1. The molecule has 56 heavy (non-hydrogen) atoms. The first kappa shape index (κ1) is 44.2. The molecule has 4 aliphatic carbocycles. The summed E-state index contributed by atoms with van der Waals surface area (Å²) in [5.74, 6) is -0.492. The van der Waals surface area contributed by atoms with Crippen LogP contribution in [-0.4, -0.2) is 151 Å². The summed E-state index contributed by atoms with van der Waals surface area (Å²) in [6.45, 7) is 10.7. The number of ether oxygens (including phenoxy) is 5. The molecule has 0 amide bonds. The Labute approximate surface area is 329 Å². The average Bonchev–Trinajstić information content (AvgIpc) is 3.45. The summed E-state index contributed by atoms with van der Waals surface area (Å²) in [4.78, 5) is 12.0. The molecule has 9 N–H and O–H groups in total. The lowest BCUT2D eigenvalue weighted by Gasteiger charge is -2.60. The van der Waals surface area contributed by atoms with Crippen LogP contribution in [0.2, 0.25) is 0 Å². The Hall–Kier alpha value is -1.31. The zero-order chi connectivity index (χ0) is 41.0. The first-order valence-electron chi connectivity index (χ1n) is 20.8. The highest BCUT2D eigenvalue weighted by atomic mass is 16.7. The smallest absolute Gasteiger partial charge is 0.303 e. The number of hydrogen-bond donors (Lipinski definition) is 9. The van der Waals surface area contributed by atoms with Crippen molar-refractivity contribution in [2.75, 3.05) is 13.2 Å². The molecule has 0 aromatic rings. The van der Waals surface area contributed by atoms with Crippen LogP contribution in [0.5, 0.6) is 0 Å². The predicted octanol–water partition coefficient (Wildman–Crippen LogP) is 0.520. The van der Waals surface area contributed by atoms with Crippen LogP contribution < -0.4 is 0 Å². The highest BCUT2D eigenvalue weighted by Crippen LogP contribution is 2.68. The van der Waals surface area contributed by atoms with Crippen molar-refractivity contribution in [1.82, 2.24) is 0 Å². The molecule has 15 nitrogen and oxygen atoms in total. The lowest BCUT2D eigenvalue weighted by molar-refractivity contribution is -0.324. The molecule has 2 aliphatic heterocycles. The first-order chi connectivity index (χ1) is 26.4. The number of rotatable bonds is 12. The van der Waals surface area contributed by atoms with E-state index in [9.17, 15) is 50.8 Å². The van der Waals surface area contributed by atoms with E-state index in [0.29, 0.717) is 25.2 Å². The Balaban J connectivity index is 1.32. The highest BCUT2D eigenvalue weighted by Gasteiger charge is 2.65. The summed E-state index contributed by atoms with van der Waals surface area (Å²) in [7, 11) is 0. The van der Waals surface area contributed by atoms with Crippen LogP contribution in [0.3, 0.4) is 0 Å². The minimum atomic E-state index is -1.60. The molecular weight excluding hydrogens is 732 g/mol. The van der Waals surface area contributed by atoms with Crippen molar-refractivity contribution in [1.29, 1.82) is 0 Å². The maximum absolute atomic E-state index is 12.0. The van der Waals surface area contributed by atoms with Gasteiger partial charge < -0.3 is 69.6 Å². The number of carbonyl (C=O) groups is 1. The maximum Gasteiger partial charge on any atom is 0.303 e. The summed E-state index contributed by atoms with van der Waals surface area (Å²) in [5.41, 5.74) is 0.112. The zero-order valence-corrected chi connectivity index (χ0v) is 33.7. The second-order valence-electron chi connectivity index (χ2n) is 18.7. The Bertz CT molecular complexity index is 1380. The standard InChI is InChI=1S/C41H68O15/c1-18(2)7-10-26(46)19(3)31-27(53-39-36(51)37(52-20(4)44)33(48)29(17-43)55-39)15-25-23-9-8-21-13-22(45)14-30(41(21,6)24(23)11-12-40(25,31)5)56-38-35(50)34(49)32(47)28(16-42)54-38/h8,18-19,22-39,42-43,45-51H,7,9-17H2,1-6H3/t19-,22-,23-,24+,25+,26+,27+,28-,29-,30-,31+,32-,33-,34+,35-,36-,37+,38+,39-,40+,41+/m1/s1. The van der Waals surface area contributed by atoms with Crippen LogP contribution in [0.4, 0.5) is 0 Å². The van der Waals surface area contributed by atoms with Gasteiger partial charge >= 0.3 is 5.97 Å². The van der Waals surface area contributed by atoms with E-state index < -0.39 is 110 Å². The number of aliphatic hydroxyl groups is 9. The molecule has 2 heterocycles. The van der Waals surface area contributed by atoms with E-state index in [1.165, 1.54) is 6.92 Å². The Morgan fingerprint density at radius 3 is 2.12 bits per heavy atom. The molecular formula is C41H68O15. The molecule has 6 aliphatic rings. The van der Waals surface area contributed by atoms with Gasteiger partial charge in [-0.05, 0) is 85.9 Å². The first-order valence-corrected chi connectivity index (χ1v) is 20.8. The molecule has 0 aromatic heterocycles.